The van der Waals surface area contributed by atoms with E-state index in [4.69, 9.17) is 0 Å². The molecule has 0 aliphatic heterocycles. The maximum Gasteiger partial charge on any atom is 0.337 e. The first-order valence-electron chi connectivity index (χ1n) is 7.37. The molecule has 4 nitrogen and oxygen atoms in total. The molecule has 0 spiro atoms. The van der Waals surface area contributed by atoms with Crippen molar-refractivity contribution in [1.82, 2.24) is 4.57 Å². The molecule has 0 bridgehead atoms. The normalized spacial score (nSPS) is 11.8. The third-order valence-corrected chi connectivity index (χ3v) is 3.89. The van der Waals surface area contributed by atoms with Gasteiger partial charge in [-0.05, 0) is 35.1 Å². The summed E-state index contributed by atoms with van der Waals surface area (Å²) < 4.78 is 1.86. The van der Waals surface area contributed by atoms with Crippen LogP contribution in [0, 0.1) is 0 Å². The fraction of sp³-hybridized carbons (Fsp3) is 0.471. The highest BCUT2D eigenvalue weighted by atomic mass is 16.4. The fourth-order valence-electron chi connectivity index (χ4n) is 2.73. The SMILES string of the molecule is CC(C)c1cc(C(=O)O)c2c(c1)c(C(C)C)cn2CCO. The van der Waals surface area contributed by atoms with E-state index in [0.29, 0.717) is 23.5 Å². The molecule has 21 heavy (non-hydrogen) atoms. The second-order valence-electron chi connectivity index (χ2n) is 6.08. The van der Waals surface area contributed by atoms with Gasteiger partial charge >= 0.3 is 5.97 Å². The number of hydrogen-bond acceptors (Lipinski definition) is 2. The zero-order valence-corrected chi connectivity index (χ0v) is 13.1. The first kappa shape index (κ1) is 15.6. The van der Waals surface area contributed by atoms with E-state index in [2.05, 4.69) is 33.8 Å². The van der Waals surface area contributed by atoms with Gasteiger partial charge in [0.1, 0.15) is 0 Å². The monoisotopic (exact) mass is 289 g/mol. The number of fused-ring (bicyclic) bond motifs is 1. The number of aromatic carboxylic acids is 1. The Bertz CT molecular complexity index is 668. The third-order valence-electron chi connectivity index (χ3n) is 3.89. The molecular weight excluding hydrogens is 266 g/mol. The van der Waals surface area contributed by atoms with Gasteiger partial charge in [-0.1, -0.05) is 27.7 Å². The van der Waals surface area contributed by atoms with Crippen molar-refractivity contribution >= 4 is 16.9 Å². The second-order valence-corrected chi connectivity index (χ2v) is 6.08. The van der Waals surface area contributed by atoms with E-state index in [0.717, 1.165) is 16.5 Å². The van der Waals surface area contributed by atoms with Crippen molar-refractivity contribution < 1.29 is 15.0 Å². The van der Waals surface area contributed by atoms with Crippen LogP contribution in [0.3, 0.4) is 0 Å². The Hall–Kier alpha value is -1.81. The number of benzene rings is 1. The number of aliphatic hydroxyl groups excluding tert-OH is 1. The van der Waals surface area contributed by atoms with Crippen molar-refractivity contribution in [2.45, 2.75) is 46.1 Å². The quantitative estimate of drug-likeness (QED) is 0.884. The van der Waals surface area contributed by atoms with E-state index >= 15 is 0 Å². The maximum absolute atomic E-state index is 11.6. The Kier molecular flexibility index (Phi) is 4.37. The molecule has 0 unspecified atom stereocenters. The number of carboxylic acids is 1. The van der Waals surface area contributed by atoms with Gasteiger partial charge in [0.05, 0.1) is 17.7 Å². The van der Waals surface area contributed by atoms with Crippen molar-refractivity contribution in [3.63, 3.8) is 0 Å². The van der Waals surface area contributed by atoms with Gasteiger partial charge in [0, 0.05) is 18.1 Å². The lowest BCUT2D eigenvalue weighted by Gasteiger charge is -2.11. The molecular formula is C17H23NO3. The predicted molar refractivity (Wildman–Crippen MR) is 84.2 cm³/mol. The van der Waals surface area contributed by atoms with E-state index in [1.165, 1.54) is 0 Å². The molecule has 0 saturated heterocycles. The van der Waals surface area contributed by atoms with Gasteiger partial charge in [-0.25, -0.2) is 4.79 Å². The molecule has 4 heteroatoms. The van der Waals surface area contributed by atoms with Crippen LogP contribution in [0.15, 0.2) is 18.3 Å². The van der Waals surface area contributed by atoms with Crippen molar-refractivity contribution in [2.24, 2.45) is 0 Å². The molecule has 0 aliphatic carbocycles. The standard InChI is InChI=1S/C17H23NO3/c1-10(2)12-7-13-15(11(3)4)9-18(5-6-19)16(13)14(8-12)17(20)21/h7-11,19H,5-6H2,1-4H3,(H,20,21). The molecule has 2 rings (SSSR count). The van der Waals surface area contributed by atoms with E-state index in [1.807, 2.05) is 10.8 Å². The minimum absolute atomic E-state index is 0.00763. The molecule has 1 aromatic heterocycles. The molecule has 0 amide bonds. The number of carbonyl (C=O) groups is 1. The summed E-state index contributed by atoms with van der Waals surface area (Å²) in [6.07, 6.45) is 1.97. The zero-order valence-electron chi connectivity index (χ0n) is 13.1. The third kappa shape index (κ3) is 2.81. The molecule has 2 aromatic rings. The molecule has 0 atom stereocenters. The first-order chi connectivity index (χ1) is 9.86. The highest BCUT2D eigenvalue weighted by Crippen LogP contribution is 2.33. The summed E-state index contributed by atoms with van der Waals surface area (Å²) in [6.45, 7) is 8.72. The number of aliphatic hydroxyl groups is 1. The number of hydrogen-bond donors (Lipinski definition) is 2. The summed E-state index contributed by atoms with van der Waals surface area (Å²) in [5.74, 6) is -0.347. The molecule has 0 radical (unpaired) electrons. The van der Waals surface area contributed by atoms with Gasteiger partial charge in [0.15, 0.2) is 0 Å². The topological polar surface area (TPSA) is 62.5 Å². The Morgan fingerprint density at radius 2 is 1.86 bits per heavy atom. The van der Waals surface area contributed by atoms with Crippen LogP contribution in [-0.2, 0) is 6.54 Å². The highest BCUT2D eigenvalue weighted by molar-refractivity contribution is 6.04. The average Bonchev–Trinajstić information content (AvgIpc) is 2.77. The summed E-state index contributed by atoms with van der Waals surface area (Å²) in [6, 6.07) is 3.85. The van der Waals surface area contributed by atoms with Crippen LogP contribution in [0.1, 0.15) is 61.0 Å². The first-order valence-corrected chi connectivity index (χ1v) is 7.37. The number of rotatable bonds is 5. The van der Waals surface area contributed by atoms with Gasteiger partial charge in [-0.2, -0.15) is 0 Å². The van der Waals surface area contributed by atoms with Crippen LogP contribution in [0.25, 0.3) is 10.9 Å². The van der Waals surface area contributed by atoms with Crippen molar-refractivity contribution in [1.29, 1.82) is 0 Å². The Labute approximate surface area is 125 Å². The Morgan fingerprint density at radius 3 is 2.33 bits per heavy atom. The molecule has 0 fully saturated rings. The Morgan fingerprint density at radius 1 is 1.19 bits per heavy atom. The summed E-state index contributed by atoms with van der Waals surface area (Å²) in [5.41, 5.74) is 3.19. The minimum Gasteiger partial charge on any atom is -0.478 e. The van der Waals surface area contributed by atoms with Gasteiger partial charge in [0.25, 0.3) is 0 Å². The van der Waals surface area contributed by atoms with Gasteiger partial charge in [0.2, 0.25) is 0 Å². The summed E-state index contributed by atoms with van der Waals surface area (Å²) in [5, 5.41) is 19.8. The Balaban J connectivity index is 2.86. The molecule has 1 aromatic carbocycles. The fourth-order valence-corrected chi connectivity index (χ4v) is 2.73. The van der Waals surface area contributed by atoms with Crippen LogP contribution in [0.2, 0.25) is 0 Å². The molecule has 1 heterocycles. The summed E-state index contributed by atoms with van der Waals surface area (Å²) in [4.78, 5) is 11.6. The van der Waals surface area contributed by atoms with Crippen LogP contribution in [0.5, 0.6) is 0 Å². The highest BCUT2D eigenvalue weighted by Gasteiger charge is 2.19. The van der Waals surface area contributed by atoms with Gasteiger partial charge in [-0.3, -0.25) is 0 Å². The van der Waals surface area contributed by atoms with Crippen molar-refractivity contribution in [2.75, 3.05) is 6.61 Å². The van der Waals surface area contributed by atoms with Gasteiger partial charge < -0.3 is 14.8 Å². The second kappa shape index (κ2) is 5.90. The van der Waals surface area contributed by atoms with E-state index in [-0.39, 0.29) is 12.5 Å². The lowest BCUT2D eigenvalue weighted by molar-refractivity contribution is 0.0698. The molecule has 2 N–H and O–H groups in total. The smallest absolute Gasteiger partial charge is 0.337 e. The maximum atomic E-state index is 11.6. The molecule has 114 valence electrons. The average molecular weight is 289 g/mol. The number of nitrogens with zero attached hydrogens (tertiary/aromatic N) is 1. The molecule has 0 aliphatic rings. The zero-order chi connectivity index (χ0) is 15.7. The van der Waals surface area contributed by atoms with Crippen molar-refractivity contribution in [3.8, 4) is 0 Å². The number of aromatic nitrogens is 1. The largest absolute Gasteiger partial charge is 0.478 e. The number of carboxylic acid groups (broad SMARTS) is 1. The molecule has 0 saturated carbocycles. The summed E-state index contributed by atoms with van der Waals surface area (Å²) in [7, 11) is 0. The van der Waals surface area contributed by atoms with E-state index in [9.17, 15) is 15.0 Å². The lowest BCUT2D eigenvalue weighted by atomic mass is 9.94. The minimum atomic E-state index is -0.921. The van der Waals surface area contributed by atoms with Crippen molar-refractivity contribution in [3.05, 3.63) is 35.0 Å². The van der Waals surface area contributed by atoms with Crippen LogP contribution < -0.4 is 0 Å². The lowest BCUT2D eigenvalue weighted by Crippen LogP contribution is -2.06. The van der Waals surface area contributed by atoms with Crippen LogP contribution in [0.4, 0.5) is 0 Å². The van der Waals surface area contributed by atoms with E-state index < -0.39 is 5.97 Å². The van der Waals surface area contributed by atoms with E-state index in [1.54, 1.807) is 6.07 Å². The van der Waals surface area contributed by atoms with Crippen LogP contribution >= 0.6 is 0 Å². The van der Waals surface area contributed by atoms with Gasteiger partial charge in [-0.15, -0.1) is 0 Å². The van der Waals surface area contributed by atoms with Crippen LogP contribution in [-0.4, -0.2) is 27.4 Å². The summed E-state index contributed by atoms with van der Waals surface area (Å²) >= 11 is 0. The predicted octanol–water partition coefficient (Wildman–Crippen LogP) is 3.58.